The van der Waals surface area contributed by atoms with Crippen LogP contribution in [0.2, 0.25) is 0 Å². The summed E-state index contributed by atoms with van der Waals surface area (Å²) in [7, 11) is 0. The van der Waals surface area contributed by atoms with Crippen LogP contribution in [-0.4, -0.2) is 59.9 Å². The first-order valence-corrected chi connectivity index (χ1v) is 18.1. The van der Waals surface area contributed by atoms with E-state index < -0.39 is 10.7 Å². The summed E-state index contributed by atoms with van der Waals surface area (Å²) >= 11 is 9.90. The van der Waals surface area contributed by atoms with E-state index in [1.165, 1.54) is 17.2 Å². The number of ether oxygens (including phenoxy) is 1. The third kappa shape index (κ3) is 25.3. The molecule has 0 bridgehead atoms. The second-order valence-electron chi connectivity index (χ2n) is 8.95. The summed E-state index contributed by atoms with van der Waals surface area (Å²) in [6.45, 7) is 20.5. The number of halogens is 2. The molecule has 0 fully saturated rings. The minimum Gasteiger partial charge on any atom is -0.545 e. The van der Waals surface area contributed by atoms with E-state index in [1.54, 1.807) is 24.5 Å². The van der Waals surface area contributed by atoms with E-state index in [-0.39, 0.29) is 20.0 Å². The van der Waals surface area contributed by atoms with E-state index in [0.29, 0.717) is 29.7 Å². The third-order valence-corrected chi connectivity index (χ3v) is 5.12. The van der Waals surface area contributed by atoms with E-state index in [2.05, 4.69) is 50.7 Å². The summed E-state index contributed by atoms with van der Waals surface area (Å²) in [4.78, 5) is 54.3. The number of aliphatic hydroxyl groups is 1. The summed E-state index contributed by atoms with van der Waals surface area (Å²) in [5.74, 6) is 0.725. The van der Waals surface area contributed by atoms with Crippen molar-refractivity contribution in [2.24, 2.45) is 17.3 Å². The van der Waals surface area contributed by atoms with Gasteiger partial charge in [0.15, 0.2) is 0 Å². The van der Waals surface area contributed by atoms with Crippen LogP contribution >= 0.6 is 25.0 Å². The van der Waals surface area contributed by atoms with Gasteiger partial charge in [0.05, 0.1) is 23.4 Å². The van der Waals surface area contributed by atoms with E-state index in [1.807, 2.05) is 45.9 Å². The van der Waals surface area contributed by atoms with Crippen LogP contribution in [-0.2, 0) is 41.1 Å². The standard InChI is InChI=1S/C14H28O3.C11H7ClN2O.3CHO.CH4.BrH.Re/c1-11(2)10-17-13(16)14(4,5)8-6-12(3)7-9-15;12-11(15)8-4-6-14-10(7-8)9-3-1-2-5-13-9;3*1-2;;;/h11-12,15H,6-10H2,1-5H3;1-7H;3*1H;1H4;1H;/q;;3*-1;;;+1/p-1. The van der Waals surface area contributed by atoms with E-state index in [0.717, 1.165) is 25.0 Å². The second kappa shape index (κ2) is 32.4. The molecule has 0 aromatic carbocycles. The zero-order chi connectivity index (χ0) is 32.1. The quantitative estimate of drug-likeness (QED) is 0.129. The Morgan fingerprint density at radius 1 is 0.976 bits per heavy atom. The molecule has 0 aliphatic heterocycles. The van der Waals surface area contributed by atoms with Gasteiger partial charge in [-0.25, -0.2) is 0 Å². The van der Waals surface area contributed by atoms with Crippen molar-refractivity contribution in [1.29, 1.82) is 0 Å². The van der Waals surface area contributed by atoms with Crippen molar-refractivity contribution >= 4 is 56.6 Å². The number of aliphatic hydroxyl groups excluding tert-OH is 1. The van der Waals surface area contributed by atoms with Crippen molar-refractivity contribution < 1.29 is 51.0 Å². The monoisotopic (exact) mass is 831 g/mol. The molecule has 9 nitrogen and oxygen atoms in total. The molecule has 0 aliphatic rings. The van der Waals surface area contributed by atoms with Gasteiger partial charge in [0.1, 0.15) is 0 Å². The zero-order valence-corrected chi connectivity index (χ0v) is 28.4. The second-order valence-corrected chi connectivity index (χ2v) is 9.29. The summed E-state index contributed by atoms with van der Waals surface area (Å²) in [6.07, 6.45) is 5.78. The average Bonchev–Trinajstić information content (AvgIpc) is 3.00. The van der Waals surface area contributed by atoms with Crippen molar-refractivity contribution in [2.75, 3.05) is 13.2 Å². The number of nitrogens with zero attached hydrogens (tertiary/aromatic N) is 2. The Morgan fingerprint density at radius 3 is 1.95 bits per heavy atom. The molecule has 0 saturated carbocycles. The Kier molecular flexibility index (Phi) is 38.3. The average molecular weight is 832 g/mol. The first kappa shape index (κ1) is 48.6. The molecule has 12 heteroatoms. The Bertz CT molecular complexity index is 905. The number of aromatic nitrogens is 2. The SMILES string of the molecule is C.CC(C)COC(=O)C(C)(C)CCC(C)CCO.O=C(Cl)c1ccnc(-c2ccccn2)c1.[Br][Re].[CH-]=O.[CH-]=O.[CH-]=O. The van der Waals surface area contributed by atoms with Gasteiger partial charge in [0.2, 0.25) is 0 Å². The molecule has 0 radical (unpaired) electrons. The van der Waals surface area contributed by atoms with E-state index in [4.69, 9.17) is 35.8 Å². The predicted octanol–water partition coefficient (Wildman–Crippen LogP) is 6.19. The first-order valence-electron chi connectivity index (χ1n) is 11.8. The fraction of sp³-hybridized carbons (Fsp3) is 0.483. The first-order chi connectivity index (χ1) is 19.1. The van der Waals surface area contributed by atoms with Crippen molar-refractivity contribution in [3.63, 3.8) is 0 Å². The van der Waals surface area contributed by atoms with Crippen LogP contribution in [0.1, 0.15) is 71.7 Å². The molecule has 0 spiro atoms. The molecule has 2 heterocycles. The number of rotatable bonds is 10. The molecule has 2 rings (SSSR count). The van der Waals surface area contributed by atoms with Gasteiger partial charge < -0.3 is 24.2 Å². The summed E-state index contributed by atoms with van der Waals surface area (Å²) in [5, 5.41) is 8.34. The van der Waals surface area contributed by atoms with Crippen LogP contribution < -0.4 is 0 Å². The summed E-state index contributed by atoms with van der Waals surface area (Å²) in [5.41, 5.74) is 1.37. The summed E-state index contributed by atoms with van der Waals surface area (Å²) in [6, 6.07) is 8.70. The number of carbonyl (C=O) groups excluding carboxylic acids is 5. The van der Waals surface area contributed by atoms with Gasteiger partial charge in [-0.3, -0.25) is 39.9 Å². The molecular formula is C29H42BrClN2O7Re-3. The molecule has 2 aromatic rings. The minimum absolute atomic E-state index is 0. The fourth-order valence-corrected chi connectivity index (χ4v) is 2.84. The third-order valence-electron chi connectivity index (χ3n) is 4.90. The predicted molar refractivity (Wildman–Crippen MR) is 163 cm³/mol. The maximum atomic E-state index is 11.9. The van der Waals surface area contributed by atoms with Crippen LogP contribution in [0.5, 0.6) is 0 Å². The molecule has 1 atom stereocenters. The molecule has 0 amide bonds. The van der Waals surface area contributed by atoms with Crippen LogP contribution in [0.25, 0.3) is 11.4 Å². The molecule has 2 aromatic heterocycles. The van der Waals surface area contributed by atoms with Crippen molar-refractivity contribution in [3.05, 3.63) is 48.3 Å². The molecule has 1 unspecified atom stereocenters. The van der Waals surface area contributed by atoms with Gasteiger partial charge in [-0.05, 0) is 80.8 Å². The van der Waals surface area contributed by atoms with E-state index in [9.17, 15) is 9.59 Å². The minimum atomic E-state index is -0.491. The number of hydrogen-bond donors (Lipinski definition) is 1. The van der Waals surface area contributed by atoms with Gasteiger partial charge in [-0.1, -0.05) is 34.3 Å². The van der Waals surface area contributed by atoms with Gasteiger partial charge in [-0.15, -0.1) is 0 Å². The molecular weight excluding hydrogens is 790 g/mol. The van der Waals surface area contributed by atoms with Crippen LogP contribution in [0, 0.1) is 17.3 Å². The molecule has 1 N–H and O–H groups in total. The number of carbonyl (C=O) groups is 2. The normalized spacial score (nSPS) is 9.80. The molecule has 41 heavy (non-hydrogen) atoms. The van der Waals surface area contributed by atoms with Crippen LogP contribution in [0.3, 0.4) is 0 Å². The van der Waals surface area contributed by atoms with Gasteiger partial charge in [0, 0.05) is 24.6 Å². The Balaban J connectivity index is -0.000000166. The van der Waals surface area contributed by atoms with Gasteiger partial charge >= 0.3 is 36.6 Å². The van der Waals surface area contributed by atoms with Crippen molar-refractivity contribution in [3.8, 4) is 11.4 Å². The molecule has 0 saturated heterocycles. The van der Waals surface area contributed by atoms with Gasteiger partial charge in [0.25, 0.3) is 5.24 Å². The Morgan fingerprint density at radius 2 is 1.51 bits per heavy atom. The Hall–Kier alpha value is -2.16. The van der Waals surface area contributed by atoms with E-state index >= 15 is 0 Å². The largest absolute Gasteiger partial charge is 0.545 e. The van der Waals surface area contributed by atoms with Crippen molar-refractivity contribution in [1.82, 2.24) is 9.97 Å². The molecule has 234 valence electrons. The zero-order valence-electron chi connectivity index (χ0n) is 23.4. The van der Waals surface area contributed by atoms with Crippen LogP contribution in [0.15, 0.2) is 42.7 Å². The Labute approximate surface area is 267 Å². The smallest absolute Gasteiger partial charge is 0.282 e. The molecule has 0 aliphatic carbocycles. The van der Waals surface area contributed by atoms with Gasteiger partial charge in [-0.2, -0.15) is 0 Å². The van der Waals surface area contributed by atoms with Crippen molar-refractivity contribution in [2.45, 2.75) is 61.3 Å². The number of esters is 1. The summed E-state index contributed by atoms with van der Waals surface area (Å²) < 4.78 is 5.27. The van der Waals surface area contributed by atoms with Crippen LogP contribution in [0.4, 0.5) is 0 Å². The number of pyridine rings is 2. The number of hydrogen-bond acceptors (Lipinski definition) is 9. The topological polar surface area (TPSA) is 141 Å². The fourth-order valence-electron chi connectivity index (χ4n) is 2.72. The maximum Gasteiger partial charge on any atom is -0.282 e. The maximum absolute atomic E-state index is 11.9.